The third kappa shape index (κ3) is 4.07. The normalized spacial score (nSPS) is 21.0. The molecule has 28 heavy (non-hydrogen) atoms. The Balaban J connectivity index is 1.28. The Morgan fingerprint density at radius 2 is 1.79 bits per heavy atom. The average Bonchev–Trinajstić information content (AvgIpc) is 3.06. The van der Waals surface area contributed by atoms with Crippen molar-refractivity contribution < 1.29 is 9.53 Å². The zero-order valence-electron chi connectivity index (χ0n) is 16.6. The van der Waals surface area contributed by atoms with Gasteiger partial charge in [-0.1, -0.05) is 55.5 Å². The van der Waals surface area contributed by atoms with E-state index >= 15 is 0 Å². The fraction of sp³-hybridized carbons (Fsp3) is 0.458. The first-order chi connectivity index (χ1) is 13.8. The van der Waals surface area contributed by atoms with Gasteiger partial charge >= 0.3 is 6.09 Å². The summed E-state index contributed by atoms with van der Waals surface area (Å²) in [6.07, 6.45) is 4.31. The van der Waals surface area contributed by atoms with E-state index in [1.807, 2.05) is 0 Å². The molecular formula is C24H30N2O2. The molecule has 0 spiro atoms. The highest BCUT2D eigenvalue weighted by Crippen LogP contribution is 2.44. The first-order valence-electron chi connectivity index (χ1n) is 10.6. The van der Waals surface area contributed by atoms with E-state index in [4.69, 9.17) is 4.74 Å². The van der Waals surface area contributed by atoms with Crippen LogP contribution in [0.2, 0.25) is 0 Å². The van der Waals surface area contributed by atoms with Crippen molar-refractivity contribution in [3.8, 4) is 11.1 Å². The fourth-order valence-corrected chi connectivity index (χ4v) is 4.70. The molecule has 1 aliphatic carbocycles. The van der Waals surface area contributed by atoms with Crippen LogP contribution < -0.4 is 10.6 Å². The lowest BCUT2D eigenvalue weighted by Crippen LogP contribution is -2.38. The van der Waals surface area contributed by atoms with Crippen LogP contribution in [-0.2, 0) is 4.74 Å². The lowest BCUT2D eigenvalue weighted by atomic mass is 9.89. The molecule has 1 fully saturated rings. The average molecular weight is 379 g/mol. The van der Waals surface area contributed by atoms with Crippen LogP contribution in [0, 0.1) is 5.92 Å². The van der Waals surface area contributed by atoms with E-state index in [-0.39, 0.29) is 12.0 Å². The summed E-state index contributed by atoms with van der Waals surface area (Å²) in [5.74, 6) is 0.813. The first kappa shape index (κ1) is 19.0. The molecular weight excluding hydrogens is 348 g/mol. The van der Waals surface area contributed by atoms with Crippen LogP contribution >= 0.6 is 0 Å². The summed E-state index contributed by atoms with van der Waals surface area (Å²) in [4.78, 5) is 12.2. The Labute approximate surface area is 167 Å². The van der Waals surface area contributed by atoms with Crippen molar-refractivity contribution >= 4 is 6.09 Å². The number of fused-ring (bicyclic) bond motifs is 3. The Bertz CT molecular complexity index is 774. The zero-order valence-corrected chi connectivity index (χ0v) is 16.6. The molecule has 4 rings (SSSR count). The minimum Gasteiger partial charge on any atom is -0.449 e. The van der Waals surface area contributed by atoms with Gasteiger partial charge in [0.05, 0.1) is 0 Å². The van der Waals surface area contributed by atoms with Gasteiger partial charge < -0.3 is 15.4 Å². The van der Waals surface area contributed by atoms with Crippen LogP contribution in [0.4, 0.5) is 4.79 Å². The Kier molecular flexibility index (Phi) is 5.96. The lowest BCUT2D eigenvalue weighted by Gasteiger charge is -2.29. The van der Waals surface area contributed by atoms with Gasteiger partial charge in [-0.05, 0) is 60.4 Å². The molecule has 2 aromatic carbocycles. The van der Waals surface area contributed by atoms with E-state index in [0.717, 1.165) is 13.0 Å². The highest BCUT2D eigenvalue weighted by atomic mass is 16.5. The second-order valence-corrected chi connectivity index (χ2v) is 7.99. The lowest BCUT2D eigenvalue weighted by molar-refractivity contribution is 0.142. The predicted octanol–water partition coefficient (Wildman–Crippen LogP) is 4.69. The maximum Gasteiger partial charge on any atom is 0.407 e. The minimum absolute atomic E-state index is 0.118. The maximum absolute atomic E-state index is 12.2. The van der Waals surface area contributed by atoms with Crippen molar-refractivity contribution in [3.05, 3.63) is 59.7 Å². The van der Waals surface area contributed by atoms with Crippen molar-refractivity contribution in [2.45, 2.75) is 44.6 Å². The van der Waals surface area contributed by atoms with E-state index in [9.17, 15) is 4.79 Å². The summed E-state index contributed by atoms with van der Waals surface area (Å²) in [6.45, 7) is 4.39. The van der Waals surface area contributed by atoms with Crippen LogP contribution in [0.1, 0.15) is 49.7 Å². The molecule has 4 heteroatoms. The number of alkyl carbamates (subject to hydrolysis) is 1. The highest BCUT2D eigenvalue weighted by molar-refractivity contribution is 5.79. The molecule has 1 saturated heterocycles. The van der Waals surface area contributed by atoms with Gasteiger partial charge in [0.2, 0.25) is 0 Å². The van der Waals surface area contributed by atoms with Crippen LogP contribution in [0.3, 0.4) is 0 Å². The standard InChI is InChI=1S/C24H30N2O2/c1-2-18-15-17(11-13-25-18)12-14-26-24(27)28-16-23-21-9-5-3-7-19(21)20-8-4-6-10-22(20)23/h3-10,17-18,23,25H,2,11-16H2,1H3,(H,26,27). The molecule has 1 aliphatic heterocycles. The quantitative estimate of drug-likeness (QED) is 0.766. The number of hydrogen-bond acceptors (Lipinski definition) is 3. The van der Waals surface area contributed by atoms with Gasteiger partial charge in [-0.25, -0.2) is 4.79 Å². The first-order valence-corrected chi connectivity index (χ1v) is 10.6. The van der Waals surface area contributed by atoms with Crippen LogP contribution in [0.5, 0.6) is 0 Å². The van der Waals surface area contributed by atoms with Crippen molar-refractivity contribution in [2.24, 2.45) is 5.92 Å². The predicted molar refractivity (Wildman–Crippen MR) is 112 cm³/mol. The number of carbonyl (C=O) groups is 1. The van der Waals surface area contributed by atoms with E-state index in [1.54, 1.807) is 0 Å². The van der Waals surface area contributed by atoms with Gasteiger partial charge in [0.25, 0.3) is 0 Å². The number of piperidine rings is 1. The largest absolute Gasteiger partial charge is 0.449 e. The Hall–Kier alpha value is -2.33. The van der Waals surface area contributed by atoms with Gasteiger partial charge in [-0.15, -0.1) is 0 Å². The molecule has 1 amide bonds. The number of amides is 1. The second kappa shape index (κ2) is 8.78. The molecule has 4 nitrogen and oxygen atoms in total. The number of rotatable bonds is 6. The Morgan fingerprint density at radius 3 is 2.46 bits per heavy atom. The molecule has 2 aliphatic rings. The number of benzene rings is 2. The number of nitrogens with one attached hydrogen (secondary N) is 2. The van der Waals surface area contributed by atoms with E-state index < -0.39 is 0 Å². The topological polar surface area (TPSA) is 50.4 Å². The van der Waals surface area contributed by atoms with Gasteiger partial charge in [0, 0.05) is 18.5 Å². The third-order valence-corrected chi connectivity index (χ3v) is 6.26. The van der Waals surface area contributed by atoms with Gasteiger partial charge in [0.15, 0.2) is 0 Å². The molecule has 2 atom stereocenters. The summed E-state index contributed by atoms with van der Waals surface area (Å²) in [5, 5.41) is 6.51. The fourth-order valence-electron chi connectivity index (χ4n) is 4.70. The monoisotopic (exact) mass is 378 g/mol. The van der Waals surface area contributed by atoms with E-state index in [0.29, 0.717) is 25.1 Å². The molecule has 2 N–H and O–H groups in total. The van der Waals surface area contributed by atoms with Crippen molar-refractivity contribution in [2.75, 3.05) is 19.7 Å². The zero-order chi connectivity index (χ0) is 19.3. The number of carbonyl (C=O) groups excluding carboxylic acids is 1. The SMILES string of the molecule is CCC1CC(CCNC(=O)OCC2c3ccccc3-c3ccccc32)CCN1. The molecule has 0 aromatic heterocycles. The summed E-state index contributed by atoms with van der Waals surface area (Å²) in [6, 6.07) is 17.5. The van der Waals surface area contributed by atoms with Crippen molar-refractivity contribution in [1.29, 1.82) is 0 Å². The third-order valence-electron chi connectivity index (χ3n) is 6.26. The van der Waals surface area contributed by atoms with Crippen LogP contribution in [0.25, 0.3) is 11.1 Å². The molecule has 148 valence electrons. The smallest absolute Gasteiger partial charge is 0.407 e. The van der Waals surface area contributed by atoms with Crippen LogP contribution in [0.15, 0.2) is 48.5 Å². The number of hydrogen-bond donors (Lipinski definition) is 2. The van der Waals surface area contributed by atoms with Crippen molar-refractivity contribution in [1.82, 2.24) is 10.6 Å². The molecule has 0 saturated carbocycles. The van der Waals surface area contributed by atoms with E-state index in [2.05, 4.69) is 66.1 Å². The van der Waals surface area contributed by atoms with E-state index in [1.165, 1.54) is 41.5 Å². The molecule has 2 aromatic rings. The summed E-state index contributed by atoms with van der Waals surface area (Å²) < 4.78 is 5.61. The molecule has 2 unspecified atom stereocenters. The molecule has 1 heterocycles. The summed E-state index contributed by atoms with van der Waals surface area (Å²) in [5.41, 5.74) is 5.00. The number of ether oxygens (including phenoxy) is 1. The minimum atomic E-state index is -0.303. The van der Waals surface area contributed by atoms with Gasteiger partial charge in [0.1, 0.15) is 6.61 Å². The van der Waals surface area contributed by atoms with Crippen molar-refractivity contribution in [3.63, 3.8) is 0 Å². The summed E-state index contributed by atoms with van der Waals surface area (Å²) in [7, 11) is 0. The summed E-state index contributed by atoms with van der Waals surface area (Å²) >= 11 is 0. The highest BCUT2D eigenvalue weighted by Gasteiger charge is 2.29. The van der Waals surface area contributed by atoms with Crippen LogP contribution in [-0.4, -0.2) is 31.8 Å². The molecule has 0 radical (unpaired) electrons. The second-order valence-electron chi connectivity index (χ2n) is 7.99. The molecule has 0 bridgehead atoms. The maximum atomic E-state index is 12.2. The Morgan fingerprint density at radius 1 is 1.11 bits per heavy atom. The van der Waals surface area contributed by atoms with Gasteiger partial charge in [-0.3, -0.25) is 0 Å². The van der Waals surface area contributed by atoms with Gasteiger partial charge in [-0.2, -0.15) is 0 Å².